The van der Waals surface area contributed by atoms with Gasteiger partial charge in [0.1, 0.15) is 0 Å². The zero-order chi connectivity index (χ0) is 11.7. The van der Waals surface area contributed by atoms with Crippen LogP contribution < -0.4 is 10.5 Å². The van der Waals surface area contributed by atoms with E-state index >= 15 is 0 Å². The van der Waals surface area contributed by atoms with Gasteiger partial charge in [0.05, 0.1) is 5.75 Å². The molecule has 90 valence electrons. The second-order valence-corrected chi connectivity index (χ2v) is 5.26. The van der Waals surface area contributed by atoms with Crippen molar-refractivity contribution in [2.45, 2.75) is 39.0 Å². The van der Waals surface area contributed by atoms with Gasteiger partial charge in [-0.3, -0.25) is 4.79 Å². The van der Waals surface area contributed by atoms with Crippen molar-refractivity contribution >= 4 is 15.9 Å². The predicted octanol–water partition coefficient (Wildman–Crippen LogP) is 0.362. The van der Waals surface area contributed by atoms with Gasteiger partial charge in [0.25, 0.3) is 0 Å². The second kappa shape index (κ2) is 7.64. The molecule has 0 aromatic rings. The van der Waals surface area contributed by atoms with Gasteiger partial charge in [-0.25, -0.2) is 13.6 Å². The number of amides is 1. The zero-order valence-corrected chi connectivity index (χ0v) is 9.98. The molecule has 6 heteroatoms. The minimum absolute atomic E-state index is 0.102. The lowest BCUT2D eigenvalue weighted by Gasteiger charge is -2.03. The second-order valence-electron chi connectivity index (χ2n) is 3.53. The number of rotatable bonds is 8. The van der Waals surface area contributed by atoms with E-state index in [9.17, 15) is 13.2 Å². The van der Waals surface area contributed by atoms with Crippen molar-refractivity contribution < 1.29 is 13.2 Å². The molecule has 0 aliphatic rings. The number of carbonyl (C=O) groups is 1. The Balaban J connectivity index is 3.42. The van der Waals surface area contributed by atoms with Gasteiger partial charge in [0.15, 0.2) is 0 Å². The molecule has 0 spiro atoms. The summed E-state index contributed by atoms with van der Waals surface area (Å²) in [7, 11) is -3.46. The molecule has 0 unspecified atom stereocenters. The minimum atomic E-state index is -3.46. The minimum Gasteiger partial charge on any atom is -0.355 e. The molecular formula is C9H20N2O3S. The van der Waals surface area contributed by atoms with Gasteiger partial charge in [-0.05, 0) is 6.42 Å². The quantitative estimate of drug-likeness (QED) is 0.596. The molecule has 0 aromatic carbocycles. The standard InChI is InChI=1S/C9H20N2O3S/c1-2-3-4-5-6-9(12)11-7-8-15(10,13)14/h2-8H2,1H3,(H,11,12)(H2,10,13,14). The van der Waals surface area contributed by atoms with Crippen molar-refractivity contribution in [3.63, 3.8) is 0 Å². The Morgan fingerprint density at radius 2 is 1.93 bits per heavy atom. The van der Waals surface area contributed by atoms with Crippen LogP contribution in [0.1, 0.15) is 39.0 Å². The number of nitrogens with one attached hydrogen (secondary N) is 1. The van der Waals surface area contributed by atoms with Gasteiger partial charge in [-0.1, -0.05) is 26.2 Å². The molecule has 0 heterocycles. The summed E-state index contributed by atoms with van der Waals surface area (Å²) in [5.74, 6) is -0.303. The van der Waals surface area contributed by atoms with Crippen LogP contribution in [-0.4, -0.2) is 26.6 Å². The van der Waals surface area contributed by atoms with Crippen molar-refractivity contribution in [2.24, 2.45) is 5.14 Å². The van der Waals surface area contributed by atoms with Gasteiger partial charge < -0.3 is 5.32 Å². The van der Waals surface area contributed by atoms with Crippen LogP contribution in [0.25, 0.3) is 0 Å². The van der Waals surface area contributed by atoms with Crippen LogP contribution in [0.5, 0.6) is 0 Å². The monoisotopic (exact) mass is 236 g/mol. The fourth-order valence-corrected chi connectivity index (χ4v) is 1.52. The van der Waals surface area contributed by atoms with Gasteiger partial charge in [0, 0.05) is 13.0 Å². The van der Waals surface area contributed by atoms with E-state index in [0.29, 0.717) is 6.42 Å². The highest BCUT2D eigenvalue weighted by Gasteiger charge is 2.04. The zero-order valence-electron chi connectivity index (χ0n) is 9.16. The molecule has 0 rings (SSSR count). The Hall–Kier alpha value is -0.620. The van der Waals surface area contributed by atoms with Gasteiger partial charge in [-0.2, -0.15) is 0 Å². The molecule has 0 saturated heterocycles. The van der Waals surface area contributed by atoms with Crippen LogP contribution in [0.15, 0.2) is 0 Å². The van der Waals surface area contributed by atoms with E-state index in [1.807, 2.05) is 0 Å². The predicted molar refractivity (Wildman–Crippen MR) is 59.7 cm³/mol. The number of hydrogen-bond donors (Lipinski definition) is 2. The largest absolute Gasteiger partial charge is 0.355 e. The Morgan fingerprint density at radius 1 is 1.27 bits per heavy atom. The fourth-order valence-electron chi connectivity index (χ4n) is 1.13. The van der Waals surface area contributed by atoms with E-state index in [0.717, 1.165) is 25.7 Å². The van der Waals surface area contributed by atoms with Gasteiger partial charge in [-0.15, -0.1) is 0 Å². The highest BCUT2D eigenvalue weighted by Crippen LogP contribution is 2.01. The third-order valence-electron chi connectivity index (χ3n) is 1.97. The first-order valence-electron chi connectivity index (χ1n) is 5.23. The summed E-state index contributed by atoms with van der Waals surface area (Å²) in [5.41, 5.74) is 0. The Bertz CT molecular complexity index is 275. The number of sulfonamides is 1. The van der Waals surface area contributed by atoms with Crippen LogP contribution in [0.3, 0.4) is 0 Å². The molecule has 3 N–H and O–H groups in total. The van der Waals surface area contributed by atoms with Gasteiger partial charge in [0.2, 0.25) is 15.9 Å². The topological polar surface area (TPSA) is 89.3 Å². The normalized spacial score (nSPS) is 11.3. The van der Waals surface area contributed by atoms with Crippen molar-refractivity contribution in [3.8, 4) is 0 Å². The Labute approximate surface area is 91.5 Å². The van der Waals surface area contributed by atoms with E-state index in [1.165, 1.54) is 0 Å². The van der Waals surface area contributed by atoms with Crippen LogP contribution in [0.4, 0.5) is 0 Å². The van der Waals surface area contributed by atoms with Gasteiger partial charge >= 0.3 is 0 Å². The highest BCUT2D eigenvalue weighted by atomic mass is 32.2. The van der Waals surface area contributed by atoms with Crippen LogP contribution in [-0.2, 0) is 14.8 Å². The molecule has 0 bridgehead atoms. The van der Waals surface area contributed by atoms with Crippen LogP contribution in [0.2, 0.25) is 0 Å². The number of primary sulfonamides is 1. The average Bonchev–Trinajstić information content (AvgIpc) is 2.10. The van der Waals surface area contributed by atoms with E-state index in [2.05, 4.69) is 12.2 Å². The molecule has 5 nitrogen and oxygen atoms in total. The van der Waals surface area contributed by atoms with Crippen molar-refractivity contribution in [1.29, 1.82) is 0 Å². The summed E-state index contributed by atoms with van der Waals surface area (Å²) < 4.78 is 21.1. The fraction of sp³-hybridized carbons (Fsp3) is 0.889. The molecule has 0 saturated carbocycles. The number of hydrogen-bond acceptors (Lipinski definition) is 3. The molecule has 0 radical (unpaired) electrons. The lowest BCUT2D eigenvalue weighted by Crippen LogP contribution is -2.31. The summed E-state index contributed by atoms with van der Waals surface area (Å²) in [6.45, 7) is 2.21. The van der Waals surface area contributed by atoms with E-state index in [1.54, 1.807) is 0 Å². The summed E-state index contributed by atoms with van der Waals surface area (Å²) in [4.78, 5) is 11.1. The maximum Gasteiger partial charge on any atom is 0.220 e. The lowest BCUT2D eigenvalue weighted by molar-refractivity contribution is -0.121. The van der Waals surface area contributed by atoms with Crippen molar-refractivity contribution in [3.05, 3.63) is 0 Å². The van der Waals surface area contributed by atoms with Crippen molar-refractivity contribution in [1.82, 2.24) is 5.32 Å². The average molecular weight is 236 g/mol. The summed E-state index contributed by atoms with van der Waals surface area (Å²) in [5, 5.41) is 7.30. The smallest absolute Gasteiger partial charge is 0.220 e. The third kappa shape index (κ3) is 11.3. The lowest BCUT2D eigenvalue weighted by atomic mass is 10.1. The highest BCUT2D eigenvalue weighted by molar-refractivity contribution is 7.89. The molecule has 0 atom stereocenters. The maximum absolute atomic E-state index is 11.1. The maximum atomic E-state index is 11.1. The summed E-state index contributed by atoms with van der Waals surface area (Å²) >= 11 is 0. The summed E-state index contributed by atoms with van der Waals surface area (Å²) in [6, 6.07) is 0. The number of carbonyl (C=O) groups excluding carboxylic acids is 1. The van der Waals surface area contributed by atoms with E-state index < -0.39 is 10.0 Å². The van der Waals surface area contributed by atoms with Crippen molar-refractivity contribution in [2.75, 3.05) is 12.3 Å². The Kier molecular flexibility index (Phi) is 7.33. The summed E-state index contributed by atoms with van der Waals surface area (Å²) in [6.07, 6.45) is 4.62. The first-order valence-corrected chi connectivity index (χ1v) is 6.94. The van der Waals surface area contributed by atoms with E-state index in [4.69, 9.17) is 5.14 Å². The third-order valence-corrected chi connectivity index (χ3v) is 2.74. The first kappa shape index (κ1) is 14.4. The molecule has 0 aliphatic carbocycles. The molecule has 0 aliphatic heterocycles. The molecule has 15 heavy (non-hydrogen) atoms. The van der Waals surface area contributed by atoms with Crippen LogP contribution in [0, 0.1) is 0 Å². The SMILES string of the molecule is CCCCCCC(=O)NCCS(N)(=O)=O. The number of nitrogens with two attached hydrogens (primary N) is 1. The van der Waals surface area contributed by atoms with E-state index in [-0.39, 0.29) is 18.2 Å². The van der Waals surface area contributed by atoms with Crippen LogP contribution >= 0.6 is 0 Å². The first-order chi connectivity index (χ1) is 6.95. The molecule has 1 amide bonds. The molecule has 0 fully saturated rings. The Morgan fingerprint density at radius 3 is 2.47 bits per heavy atom. The molecular weight excluding hydrogens is 216 g/mol. The molecule has 0 aromatic heterocycles. The number of unbranched alkanes of at least 4 members (excludes halogenated alkanes) is 3.